The average molecular weight is 189 g/mol. The zero-order chi connectivity index (χ0) is 9.97. The number of aryl methyl sites for hydroxylation is 1. The summed E-state index contributed by atoms with van der Waals surface area (Å²) >= 11 is 0. The van der Waals surface area contributed by atoms with E-state index in [9.17, 15) is 0 Å². The zero-order valence-corrected chi connectivity index (χ0v) is 7.66. The summed E-state index contributed by atoms with van der Waals surface area (Å²) in [4.78, 5) is 3.79. The molecule has 0 aliphatic carbocycles. The molecular formula is C10H11N3O. The quantitative estimate of drug-likeness (QED) is 0.477. The van der Waals surface area contributed by atoms with Gasteiger partial charge in [0.05, 0.1) is 0 Å². The molecule has 3 N–H and O–H groups in total. The van der Waals surface area contributed by atoms with Crippen LogP contribution in [-0.2, 0) is 6.42 Å². The van der Waals surface area contributed by atoms with E-state index in [-0.39, 0.29) is 5.96 Å². The smallest absolute Gasteiger partial charge is 0.215 e. The van der Waals surface area contributed by atoms with E-state index in [0.29, 0.717) is 12.3 Å². The fraction of sp³-hybridized carbons (Fsp3) is 0.200. The van der Waals surface area contributed by atoms with Crippen LogP contribution < -0.4 is 10.5 Å². The molecule has 14 heavy (non-hydrogen) atoms. The highest BCUT2D eigenvalue weighted by molar-refractivity contribution is 5.92. The lowest BCUT2D eigenvalue weighted by atomic mass is 10.1. The summed E-state index contributed by atoms with van der Waals surface area (Å²) < 4.78 is 5.47. The van der Waals surface area contributed by atoms with E-state index in [2.05, 4.69) is 4.99 Å². The molecule has 0 spiro atoms. The molecule has 0 bridgehead atoms. The Hall–Kier alpha value is -1.84. The minimum absolute atomic E-state index is 0.209. The molecule has 0 saturated heterocycles. The third-order valence-corrected chi connectivity index (χ3v) is 2.05. The number of fused-ring (bicyclic) bond motifs is 1. The summed E-state index contributed by atoms with van der Waals surface area (Å²) in [6, 6.07) is 7.81. The number of nitrogens with one attached hydrogen (secondary N) is 1. The summed E-state index contributed by atoms with van der Waals surface area (Å²) in [5, 5.41) is 7.02. The number of para-hydroxylation sites is 1. The van der Waals surface area contributed by atoms with Crippen molar-refractivity contribution >= 4 is 11.9 Å². The zero-order valence-electron chi connectivity index (χ0n) is 7.66. The van der Waals surface area contributed by atoms with Gasteiger partial charge in [-0.3, -0.25) is 5.41 Å². The number of ether oxygens (including phenoxy) is 1. The minimum Gasteiger partial charge on any atom is -0.443 e. The summed E-state index contributed by atoms with van der Waals surface area (Å²) in [5.74, 6) is 1.13. The maximum Gasteiger partial charge on any atom is 0.215 e. The topological polar surface area (TPSA) is 71.5 Å². The van der Waals surface area contributed by atoms with Crippen LogP contribution >= 0.6 is 0 Å². The van der Waals surface area contributed by atoms with E-state index in [1.165, 1.54) is 5.56 Å². The number of hydrogen-bond acceptors (Lipinski definition) is 2. The summed E-state index contributed by atoms with van der Waals surface area (Å²) in [7, 11) is 0. The van der Waals surface area contributed by atoms with Crippen LogP contribution in [0.1, 0.15) is 12.0 Å². The summed E-state index contributed by atoms with van der Waals surface area (Å²) in [5.41, 5.74) is 6.33. The van der Waals surface area contributed by atoms with Gasteiger partial charge in [0, 0.05) is 6.42 Å². The number of guanidine groups is 1. The van der Waals surface area contributed by atoms with Crippen LogP contribution in [0.3, 0.4) is 0 Å². The van der Waals surface area contributed by atoms with Crippen molar-refractivity contribution in [3.05, 3.63) is 29.8 Å². The predicted molar refractivity (Wildman–Crippen MR) is 54.7 cm³/mol. The maximum absolute atomic E-state index is 7.02. The molecule has 4 heteroatoms. The molecule has 1 aromatic carbocycles. The van der Waals surface area contributed by atoms with Crippen molar-refractivity contribution in [2.24, 2.45) is 10.7 Å². The van der Waals surface area contributed by atoms with Crippen LogP contribution in [0, 0.1) is 5.41 Å². The van der Waals surface area contributed by atoms with Crippen molar-refractivity contribution in [3.8, 4) is 5.75 Å². The molecule has 0 saturated carbocycles. The lowest BCUT2D eigenvalue weighted by molar-refractivity contribution is 0.504. The Labute approximate surface area is 81.9 Å². The van der Waals surface area contributed by atoms with Crippen molar-refractivity contribution in [1.29, 1.82) is 5.41 Å². The molecule has 2 rings (SSSR count). The molecule has 1 aliphatic heterocycles. The molecule has 1 aromatic rings. The van der Waals surface area contributed by atoms with E-state index in [1.807, 2.05) is 24.3 Å². The first kappa shape index (κ1) is 8.74. The molecular weight excluding hydrogens is 178 g/mol. The van der Waals surface area contributed by atoms with Crippen LogP contribution in [0.15, 0.2) is 29.3 Å². The van der Waals surface area contributed by atoms with E-state index >= 15 is 0 Å². The Morgan fingerprint density at radius 3 is 2.93 bits per heavy atom. The monoisotopic (exact) mass is 189 g/mol. The second kappa shape index (κ2) is 3.49. The Bertz CT molecular complexity index is 398. The number of rotatable bonds is 0. The Balaban J connectivity index is 2.25. The highest BCUT2D eigenvalue weighted by Gasteiger charge is 2.14. The van der Waals surface area contributed by atoms with E-state index in [0.717, 1.165) is 12.2 Å². The summed E-state index contributed by atoms with van der Waals surface area (Å²) in [6.45, 7) is 0. The number of hydrogen-bond donors (Lipinski definition) is 2. The molecule has 0 atom stereocenters. The number of benzene rings is 1. The summed E-state index contributed by atoms with van der Waals surface area (Å²) in [6.07, 6.45) is 1.60. The van der Waals surface area contributed by atoms with Crippen molar-refractivity contribution in [1.82, 2.24) is 0 Å². The van der Waals surface area contributed by atoms with Crippen molar-refractivity contribution < 1.29 is 4.74 Å². The van der Waals surface area contributed by atoms with Crippen LogP contribution in [0.5, 0.6) is 5.75 Å². The Morgan fingerprint density at radius 2 is 2.14 bits per heavy atom. The van der Waals surface area contributed by atoms with Gasteiger partial charge in [0.25, 0.3) is 0 Å². The van der Waals surface area contributed by atoms with Gasteiger partial charge in [-0.05, 0) is 18.1 Å². The minimum atomic E-state index is -0.209. The van der Waals surface area contributed by atoms with Gasteiger partial charge in [-0.15, -0.1) is 0 Å². The third-order valence-electron chi connectivity index (χ3n) is 2.05. The largest absolute Gasteiger partial charge is 0.443 e. The lowest BCUT2D eigenvalue weighted by Crippen LogP contribution is -2.20. The van der Waals surface area contributed by atoms with Gasteiger partial charge in [0.2, 0.25) is 5.96 Å². The maximum atomic E-state index is 7.02. The van der Waals surface area contributed by atoms with Crippen molar-refractivity contribution in [3.63, 3.8) is 0 Å². The van der Waals surface area contributed by atoms with Gasteiger partial charge >= 0.3 is 0 Å². The molecule has 0 aromatic heterocycles. The third kappa shape index (κ3) is 1.74. The molecule has 1 aliphatic rings. The molecule has 0 unspecified atom stereocenters. The van der Waals surface area contributed by atoms with E-state index < -0.39 is 0 Å². The normalized spacial score (nSPS) is 17.3. The SMILES string of the molecule is N=C(N)N=C1CCc2ccccc2O1. The van der Waals surface area contributed by atoms with Gasteiger partial charge in [0.15, 0.2) is 5.90 Å². The molecule has 0 radical (unpaired) electrons. The molecule has 0 fully saturated rings. The fourth-order valence-electron chi connectivity index (χ4n) is 1.44. The molecule has 72 valence electrons. The molecule has 1 heterocycles. The molecule has 0 amide bonds. The van der Waals surface area contributed by atoms with Gasteiger partial charge < -0.3 is 10.5 Å². The standard InChI is InChI=1S/C10H11N3O/c11-10(12)13-9-6-5-7-3-1-2-4-8(7)14-9/h1-4H,5-6H2,(H3,11,12). The number of nitrogens with zero attached hydrogens (tertiary/aromatic N) is 1. The van der Waals surface area contributed by atoms with Crippen LogP contribution in [0.4, 0.5) is 0 Å². The number of aliphatic imine (C=N–C) groups is 1. The molecule has 4 nitrogen and oxygen atoms in total. The van der Waals surface area contributed by atoms with Gasteiger partial charge in [-0.1, -0.05) is 18.2 Å². The van der Waals surface area contributed by atoms with Gasteiger partial charge in [0.1, 0.15) is 5.75 Å². The highest BCUT2D eigenvalue weighted by Crippen LogP contribution is 2.24. The van der Waals surface area contributed by atoms with Gasteiger partial charge in [-0.25, -0.2) is 0 Å². The number of nitrogens with two attached hydrogens (primary N) is 1. The first-order valence-corrected chi connectivity index (χ1v) is 4.43. The second-order valence-electron chi connectivity index (χ2n) is 3.10. The van der Waals surface area contributed by atoms with Crippen LogP contribution in [-0.4, -0.2) is 11.9 Å². The van der Waals surface area contributed by atoms with Gasteiger partial charge in [-0.2, -0.15) is 4.99 Å². The Kier molecular flexibility index (Phi) is 2.18. The second-order valence-corrected chi connectivity index (χ2v) is 3.10. The van der Waals surface area contributed by atoms with Crippen LogP contribution in [0.25, 0.3) is 0 Å². The first-order valence-electron chi connectivity index (χ1n) is 4.43. The predicted octanol–water partition coefficient (Wildman–Crippen LogP) is 1.30. The average Bonchev–Trinajstić information content (AvgIpc) is 2.17. The van der Waals surface area contributed by atoms with Crippen molar-refractivity contribution in [2.45, 2.75) is 12.8 Å². The lowest BCUT2D eigenvalue weighted by Gasteiger charge is -2.17. The first-order chi connectivity index (χ1) is 6.75. The van der Waals surface area contributed by atoms with E-state index in [1.54, 1.807) is 0 Å². The Morgan fingerprint density at radius 1 is 1.36 bits per heavy atom. The van der Waals surface area contributed by atoms with Crippen LogP contribution in [0.2, 0.25) is 0 Å². The van der Waals surface area contributed by atoms with Crippen molar-refractivity contribution in [2.75, 3.05) is 0 Å². The fourth-order valence-corrected chi connectivity index (χ4v) is 1.44. The van der Waals surface area contributed by atoms with E-state index in [4.69, 9.17) is 15.9 Å². The highest BCUT2D eigenvalue weighted by atomic mass is 16.5.